The van der Waals surface area contributed by atoms with E-state index in [-0.39, 0.29) is 17.9 Å². The van der Waals surface area contributed by atoms with Gasteiger partial charge in [-0.3, -0.25) is 4.79 Å². The van der Waals surface area contributed by atoms with Crippen molar-refractivity contribution in [2.24, 2.45) is 5.92 Å². The number of amides is 1. The van der Waals surface area contributed by atoms with E-state index in [1.54, 1.807) is 7.11 Å². The molecule has 3 unspecified atom stereocenters. The predicted octanol–water partition coefficient (Wildman–Crippen LogP) is 3.10. The van der Waals surface area contributed by atoms with Crippen molar-refractivity contribution in [3.05, 3.63) is 23.8 Å². The van der Waals surface area contributed by atoms with E-state index >= 15 is 0 Å². The van der Waals surface area contributed by atoms with Crippen LogP contribution in [0.15, 0.2) is 18.2 Å². The van der Waals surface area contributed by atoms with Gasteiger partial charge in [-0.1, -0.05) is 26.3 Å². The molecule has 5 heteroatoms. The van der Waals surface area contributed by atoms with Crippen molar-refractivity contribution >= 4 is 11.6 Å². The van der Waals surface area contributed by atoms with Crippen molar-refractivity contribution in [3.8, 4) is 5.75 Å². The average molecular weight is 322 g/mol. The maximum absolute atomic E-state index is 11.3. The second kappa shape index (κ2) is 8.31. The van der Waals surface area contributed by atoms with Gasteiger partial charge in [-0.05, 0) is 37.5 Å². The lowest BCUT2D eigenvalue weighted by atomic mass is 9.88. The summed E-state index contributed by atoms with van der Waals surface area (Å²) in [4.78, 5) is 11.3. The molecule has 0 aliphatic carbocycles. The number of carbonyl (C=O) groups is 1. The molecular formula is C18H30N2O3. The summed E-state index contributed by atoms with van der Waals surface area (Å²) >= 11 is 0. The van der Waals surface area contributed by atoms with Gasteiger partial charge >= 0.3 is 0 Å². The zero-order chi connectivity index (χ0) is 17.6. The monoisotopic (exact) mass is 322 g/mol. The van der Waals surface area contributed by atoms with Crippen molar-refractivity contribution in [1.82, 2.24) is 5.32 Å². The van der Waals surface area contributed by atoms with E-state index in [0.29, 0.717) is 18.0 Å². The Bertz CT molecular complexity index is 529. The summed E-state index contributed by atoms with van der Waals surface area (Å²) in [5.74, 6) is 0.705. The van der Waals surface area contributed by atoms with Gasteiger partial charge in [0.15, 0.2) is 0 Å². The lowest BCUT2D eigenvalue weighted by Gasteiger charge is -2.31. The Morgan fingerprint density at radius 2 is 2.04 bits per heavy atom. The largest absolute Gasteiger partial charge is 0.495 e. The van der Waals surface area contributed by atoms with E-state index in [1.807, 2.05) is 32.0 Å². The smallest absolute Gasteiger partial charge is 0.221 e. The second-order valence-corrected chi connectivity index (χ2v) is 6.41. The first-order valence-corrected chi connectivity index (χ1v) is 8.12. The Morgan fingerprint density at radius 1 is 1.39 bits per heavy atom. The molecule has 0 heterocycles. The normalized spacial score (nSPS) is 16.3. The molecule has 1 aromatic rings. The van der Waals surface area contributed by atoms with Crippen LogP contribution < -0.4 is 15.4 Å². The summed E-state index contributed by atoms with van der Waals surface area (Å²) < 4.78 is 5.27. The first kappa shape index (κ1) is 19.5. The van der Waals surface area contributed by atoms with Crippen molar-refractivity contribution in [3.63, 3.8) is 0 Å². The SMILES string of the molecule is CCC(C)C(C)(O)CNC(C)c1ccc(OC)c(NC(C)=O)c1. The van der Waals surface area contributed by atoms with Crippen molar-refractivity contribution in [2.75, 3.05) is 19.0 Å². The number of benzene rings is 1. The summed E-state index contributed by atoms with van der Waals surface area (Å²) in [6.07, 6.45) is 0.929. The van der Waals surface area contributed by atoms with Crippen LogP contribution in [0.1, 0.15) is 52.6 Å². The fourth-order valence-electron chi connectivity index (χ4n) is 2.37. The van der Waals surface area contributed by atoms with Crippen LogP contribution in [-0.4, -0.2) is 30.3 Å². The van der Waals surface area contributed by atoms with E-state index in [1.165, 1.54) is 6.92 Å². The number of nitrogens with one attached hydrogen (secondary N) is 2. The fourth-order valence-corrected chi connectivity index (χ4v) is 2.37. The highest BCUT2D eigenvalue weighted by molar-refractivity contribution is 5.90. The summed E-state index contributed by atoms with van der Waals surface area (Å²) in [5.41, 5.74) is 0.921. The minimum atomic E-state index is -0.754. The molecule has 1 rings (SSSR count). The Labute approximate surface area is 139 Å². The second-order valence-electron chi connectivity index (χ2n) is 6.41. The highest BCUT2D eigenvalue weighted by Crippen LogP contribution is 2.28. The summed E-state index contributed by atoms with van der Waals surface area (Å²) in [6, 6.07) is 5.74. The van der Waals surface area contributed by atoms with Gasteiger partial charge in [-0.25, -0.2) is 0 Å². The van der Waals surface area contributed by atoms with Crippen LogP contribution >= 0.6 is 0 Å². The fraction of sp³-hybridized carbons (Fsp3) is 0.611. The molecule has 0 saturated carbocycles. The number of anilines is 1. The molecule has 1 amide bonds. The topological polar surface area (TPSA) is 70.6 Å². The van der Waals surface area contributed by atoms with Gasteiger partial charge in [0, 0.05) is 19.5 Å². The Balaban J connectivity index is 2.83. The maximum Gasteiger partial charge on any atom is 0.221 e. The summed E-state index contributed by atoms with van der Waals surface area (Å²) in [6.45, 7) is 9.99. The molecule has 0 spiro atoms. The molecule has 0 aliphatic heterocycles. The lowest BCUT2D eigenvalue weighted by Crippen LogP contribution is -2.43. The molecular weight excluding hydrogens is 292 g/mol. The third-order valence-corrected chi connectivity index (χ3v) is 4.47. The molecule has 0 aromatic heterocycles. The molecule has 5 nitrogen and oxygen atoms in total. The number of rotatable bonds is 8. The minimum Gasteiger partial charge on any atom is -0.495 e. The van der Waals surface area contributed by atoms with E-state index in [0.717, 1.165) is 12.0 Å². The lowest BCUT2D eigenvalue weighted by molar-refractivity contribution is -0.114. The van der Waals surface area contributed by atoms with Gasteiger partial charge in [-0.15, -0.1) is 0 Å². The van der Waals surface area contributed by atoms with Crippen molar-refractivity contribution < 1.29 is 14.6 Å². The quantitative estimate of drug-likeness (QED) is 0.688. The number of carbonyl (C=O) groups excluding carboxylic acids is 1. The molecule has 0 saturated heterocycles. The van der Waals surface area contributed by atoms with Crippen LogP contribution in [0.3, 0.4) is 0 Å². The van der Waals surface area contributed by atoms with Gasteiger partial charge in [0.25, 0.3) is 0 Å². The standard InChI is InChI=1S/C18H30N2O3/c1-7-12(2)18(5,22)11-19-13(3)15-8-9-17(23-6)16(10-15)20-14(4)21/h8-10,12-13,19,22H,7,11H2,1-6H3,(H,20,21). The first-order valence-electron chi connectivity index (χ1n) is 8.12. The van der Waals surface area contributed by atoms with Gasteiger partial charge in [-0.2, -0.15) is 0 Å². The van der Waals surface area contributed by atoms with E-state index in [9.17, 15) is 9.90 Å². The molecule has 3 atom stereocenters. The van der Waals surface area contributed by atoms with Crippen LogP contribution in [0.5, 0.6) is 5.75 Å². The third-order valence-electron chi connectivity index (χ3n) is 4.47. The van der Waals surface area contributed by atoms with E-state index in [4.69, 9.17) is 4.74 Å². The van der Waals surface area contributed by atoms with Crippen molar-refractivity contribution in [1.29, 1.82) is 0 Å². The van der Waals surface area contributed by atoms with E-state index < -0.39 is 5.60 Å². The van der Waals surface area contributed by atoms with Gasteiger partial charge in [0.2, 0.25) is 5.91 Å². The van der Waals surface area contributed by atoms with Crippen LogP contribution in [0.2, 0.25) is 0 Å². The molecule has 0 aliphatic rings. The first-order chi connectivity index (χ1) is 10.7. The van der Waals surface area contributed by atoms with Gasteiger partial charge < -0.3 is 20.5 Å². The van der Waals surface area contributed by atoms with Crippen molar-refractivity contribution in [2.45, 2.75) is 52.7 Å². The van der Waals surface area contributed by atoms with Crippen LogP contribution in [0, 0.1) is 5.92 Å². The molecule has 1 aromatic carbocycles. The third kappa shape index (κ3) is 5.52. The Kier molecular flexibility index (Phi) is 7.03. The zero-order valence-corrected chi connectivity index (χ0v) is 15.1. The summed E-state index contributed by atoms with van der Waals surface area (Å²) in [7, 11) is 1.57. The summed E-state index contributed by atoms with van der Waals surface area (Å²) in [5, 5.41) is 16.6. The molecule has 0 fully saturated rings. The molecule has 130 valence electrons. The van der Waals surface area contributed by atoms with Crippen LogP contribution in [0.25, 0.3) is 0 Å². The van der Waals surface area contributed by atoms with E-state index in [2.05, 4.69) is 24.5 Å². The van der Waals surface area contributed by atoms with Gasteiger partial charge in [0.05, 0.1) is 18.4 Å². The Morgan fingerprint density at radius 3 is 2.57 bits per heavy atom. The Hall–Kier alpha value is -1.59. The number of aliphatic hydroxyl groups is 1. The predicted molar refractivity (Wildman–Crippen MR) is 93.8 cm³/mol. The van der Waals surface area contributed by atoms with Crippen LogP contribution in [0.4, 0.5) is 5.69 Å². The molecule has 0 radical (unpaired) electrons. The number of hydrogen-bond acceptors (Lipinski definition) is 4. The highest BCUT2D eigenvalue weighted by Gasteiger charge is 2.27. The molecule has 23 heavy (non-hydrogen) atoms. The zero-order valence-electron chi connectivity index (χ0n) is 15.1. The average Bonchev–Trinajstić information content (AvgIpc) is 2.51. The molecule has 0 bridgehead atoms. The number of methoxy groups -OCH3 is 1. The highest BCUT2D eigenvalue weighted by atomic mass is 16.5. The minimum absolute atomic E-state index is 0.0453. The van der Waals surface area contributed by atoms with Crippen LogP contribution in [-0.2, 0) is 4.79 Å². The maximum atomic E-state index is 11.3. The number of hydrogen-bond donors (Lipinski definition) is 3. The number of ether oxygens (including phenoxy) is 1. The van der Waals surface area contributed by atoms with Gasteiger partial charge in [0.1, 0.15) is 5.75 Å². The molecule has 3 N–H and O–H groups in total.